The molecule has 2 aromatic carbocycles. The van der Waals surface area contributed by atoms with Crippen LogP contribution in [-0.2, 0) is 19.4 Å². The Bertz CT molecular complexity index is 1020. The van der Waals surface area contributed by atoms with Gasteiger partial charge in [-0.15, -0.1) is 0 Å². The summed E-state index contributed by atoms with van der Waals surface area (Å²) in [5, 5.41) is 9.57. The minimum atomic E-state index is -4.31. The maximum absolute atomic E-state index is 13.9. The molecule has 34 heavy (non-hydrogen) atoms. The fraction of sp³-hybridized carbons (Fsp3) is 0.480. The van der Waals surface area contributed by atoms with Crippen molar-refractivity contribution in [1.82, 2.24) is 10.4 Å². The van der Waals surface area contributed by atoms with Gasteiger partial charge in [0.2, 0.25) is 0 Å². The molecule has 2 atom stereocenters. The summed E-state index contributed by atoms with van der Waals surface area (Å²) in [4.78, 5) is 15.3. The van der Waals surface area contributed by atoms with Crippen LogP contribution in [-0.4, -0.2) is 62.5 Å². The predicted octanol–water partition coefficient (Wildman–Crippen LogP) is 3.37. The molecule has 0 spiro atoms. The van der Waals surface area contributed by atoms with Crippen LogP contribution in [0.25, 0.3) is 0 Å². The first kappa shape index (κ1) is 26.2. The fourth-order valence-corrected chi connectivity index (χ4v) is 6.11. The van der Waals surface area contributed by atoms with E-state index in [9.17, 15) is 18.4 Å². The maximum atomic E-state index is 13.9. The number of carbonyl (C=O) groups is 1. The summed E-state index contributed by atoms with van der Waals surface area (Å²) in [5.74, 6) is -0.576. The summed E-state index contributed by atoms with van der Waals surface area (Å²) < 4.78 is 36.9. The number of methoxy groups -OCH3 is 1. The third kappa shape index (κ3) is 5.60. The van der Waals surface area contributed by atoms with Crippen molar-refractivity contribution in [2.75, 3.05) is 33.4 Å². The Balaban J connectivity index is 1.97. The summed E-state index contributed by atoms with van der Waals surface area (Å²) in [5.41, 5.74) is 2.10. The molecule has 1 aliphatic rings. The summed E-state index contributed by atoms with van der Waals surface area (Å²) in [6, 6.07) is 14.6. The zero-order valence-corrected chi connectivity index (χ0v) is 20.6. The van der Waals surface area contributed by atoms with E-state index in [2.05, 4.69) is 4.90 Å². The van der Waals surface area contributed by atoms with E-state index >= 15 is 0 Å². The SMILES string of the molecule is COc1ccc(S(=O)(=O)[C@](C)(C(=O)NO)C(OCCN2CCCCCC2)c2ccccc2)cc1. The van der Waals surface area contributed by atoms with Crippen molar-refractivity contribution >= 4 is 15.7 Å². The highest BCUT2D eigenvalue weighted by Crippen LogP contribution is 2.40. The first-order valence-electron chi connectivity index (χ1n) is 11.6. The average molecular weight is 491 g/mol. The highest BCUT2D eigenvalue weighted by atomic mass is 32.2. The van der Waals surface area contributed by atoms with Gasteiger partial charge in [-0.25, -0.2) is 13.9 Å². The topological polar surface area (TPSA) is 105 Å². The predicted molar refractivity (Wildman–Crippen MR) is 129 cm³/mol. The molecule has 9 heteroatoms. The third-order valence-electron chi connectivity index (χ3n) is 6.47. The maximum Gasteiger partial charge on any atom is 0.267 e. The minimum absolute atomic E-state index is 0.0727. The number of likely N-dealkylation sites (tertiary alicyclic amines) is 1. The summed E-state index contributed by atoms with van der Waals surface area (Å²) in [6.45, 7) is 4.10. The van der Waals surface area contributed by atoms with E-state index in [4.69, 9.17) is 9.47 Å². The summed E-state index contributed by atoms with van der Waals surface area (Å²) >= 11 is 0. The monoisotopic (exact) mass is 490 g/mol. The zero-order chi connectivity index (χ0) is 24.6. The molecule has 0 aromatic heterocycles. The van der Waals surface area contributed by atoms with Crippen LogP contribution in [0.3, 0.4) is 0 Å². The van der Waals surface area contributed by atoms with Gasteiger partial charge in [0, 0.05) is 6.54 Å². The summed E-state index contributed by atoms with van der Waals surface area (Å²) in [7, 11) is -2.83. The van der Waals surface area contributed by atoms with E-state index in [1.807, 2.05) is 0 Å². The highest BCUT2D eigenvalue weighted by Gasteiger charge is 2.54. The van der Waals surface area contributed by atoms with Crippen molar-refractivity contribution in [3.8, 4) is 5.75 Å². The van der Waals surface area contributed by atoms with E-state index in [0.29, 0.717) is 17.9 Å². The van der Waals surface area contributed by atoms with E-state index in [1.165, 1.54) is 51.1 Å². The first-order chi connectivity index (χ1) is 16.3. The highest BCUT2D eigenvalue weighted by molar-refractivity contribution is 7.93. The Labute approximate surface area is 201 Å². The molecule has 0 radical (unpaired) electrons. The number of ether oxygens (including phenoxy) is 2. The van der Waals surface area contributed by atoms with Crippen LogP contribution in [0.1, 0.15) is 44.3 Å². The molecule has 0 aliphatic carbocycles. The Morgan fingerprint density at radius 3 is 2.24 bits per heavy atom. The van der Waals surface area contributed by atoms with Gasteiger partial charge in [-0.3, -0.25) is 10.0 Å². The van der Waals surface area contributed by atoms with Gasteiger partial charge < -0.3 is 14.4 Å². The molecule has 1 aliphatic heterocycles. The van der Waals surface area contributed by atoms with Crippen LogP contribution in [0.2, 0.25) is 0 Å². The quantitative estimate of drug-likeness (QED) is 0.389. The molecular weight excluding hydrogens is 456 g/mol. The number of nitrogens with zero attached hydrogens (tertiary/aromatic N) is 1. The van der Waals surface area contributed by atoms with Crippen molar-refractivity contribution in [1.29, 1.82) is 0 Å². The van der Waals surface area contributed by atoms with Gasteiger partial charge in [0.25, 0.3) is 5.91 Å². The van der Waals surface area contributed by atoms with Gasteiger partial charge in [0.15, 0.2) is 14.6 Å². The van der Waals surface area contributed by atoms with E-state index in [1.54, 1.807) is 35.8 Å². The van der Waals surface area contributed by atoms with Crippen LogP contribution in [0.4, 0.5) is 0 Å². The van der Waals surface area contributed by atoms with Gasteiger partial charge in [-0.1, -0.05) is 43.2 Å². The lowest BCUT2D eigenvalue weighted by Crippen LogP contribution is -2.54. The molecular formula is C25H34N2O6S. The number of amides is 1. The number of hydrogen-bond acceptors (Lipinski definition) is 7. The third-order valence-corrected chi connectivity index (χ3v) is 8.88. The fourth-order valence-electron chi connectivity index (χ4n) is 4.35. The van der Waals surface area contributed by atoms with Crippen LogP contribution in [0.15, 0.2) is 59.5 Å². The van der Waals surface area contributed by atoms with Crippen molar-refractivity contribution in [3.05, 3.63) is 60.2 Å². The van der Waals surface area contributed by atoms with Crippen molar-refractivity contribution in [2.24, 2.45) is 0 Å². The molecule has 1 unspecified atom stereocenters. The first-order valence-corrected chi connectivity index (χ1v) is 13.0. The van der Waals surface area contributed by atoms with E-state index in [0.717, 1.165) is 25.9 Å². The van der Waals surface area contributed by atoms with Crippen molar-refractivity contribution in [2.45, 2.75) is 48.4 Å². The number of sulfone groups is 1. The largest absolute Gasteiger partial charge is 0.497 e. The summed E-state index contributed by atoms with van der Waals surface area (Å²) in [6.07, 6.45) is 3.51. The molecule has 1 fully saturated rings. The van der Waals surface area contributed by atoms with E-state index in [-0.39, 0.29) is 11.5 Å². The zero-order valence-electron chi connectivity index (χ0n) is 19.8. The Morgan fingerprint density at radius 1 is 1.06 bits per heavy atom. The molecule has 8 nitrogen and oxygen atoms in total. The Hall–Kier alpha value is -2.46. The molecule has 0 bridgehead atoms. The molecule has 0 saturated carbocycles. The number of nitrogens with one attached hydrogen (secondary N) is 1. The van der Waals surface area contributed by atoms with Gasteiger partial charge in [-0.05, 0) is 62.7 Å². The molecule has 3 rings (SSSR count). The molecule has 2 N–H and O–H groups in total. The van der Waals surface area contributed by atoms with Crippen LogP contribution < -0.4 is 10.2 Å². The van der Waals surface area contributed by atoms with Crippen molar-refractivity contribution in [3.63, 3.8) is 0 Å². The standard InChI is InChI=1S/C25H34N2O6S/c1-25(24(28)26-29,34(30,31)22-14-12-21(32-2)13-15-22)23(20-10-6-5-7-11-20)33-19-18-27-16-8-3-4-9-17-27/h5-7,10-15,23,29H,3-4,8-9,16-19H2,1-2H3,(H,26,28)/t23?,25-/m0/s1. The molecule has 1 saturated heterocycles. The normalized spacial score (nSPS) is 17.9. The molecule has 1 heterocycles. The van der Waals surface area contributed by atoms with Crippen molar-refractivity contribution < 1.29 is 27.9 Å². The number of carbonyl (C=O) groups excluding carboxylic acids is 1. The lowest BCUT2D eigenvalue weighted by Gasteiger charge is -2.35. The van der Waals surface area contributed by atoms with E-state index < -0.39 is 26.6 Å². The van der Waals surface area contributed by atoms with Crippen LogP contribution in [0.5, 0.6) is 5.75 Å². The Kier molecular flexibility index (Phi) is 9.07. The average Bonchev–Trinajstić information content (AvgIpc) is 3.15. The van der Waals surface area contributed by atoms with Crippen LogP contribution in [0, 0.1) is 0 Å². The van der Waals surface area contributed by atoms with Gasteiger partial charge in [0.1, 0.15) is 11.9 Å². The second-order valence-corrected chi connectivity index (χ2v) is 11.0. The smallest absolute Gasteiger partial charge is 0.267 e. The molecule has 1 amide bonds. The molecule has 2 aromatic rings. The minimum Gasteiger partial charge on any atom is -0.497 e. The van der Waals surface area contributed by atoms with Crippen LogP contribution >= 0.6 is 0 Å². The second-order valence-electron chi connectivity index (χ2n) is 8.64. The number of hydrogen-bond donors (Lipinski definition) is 2. The Morgan fingerprint density at radius 2 is 1.68 bits per heavy atom. The second kappa shape index (κ2) is 11.8. The van der Waals surface area contributed by atoms with Gasteiger partial charge in [-0.2, -0.15) is 0 Å². The number of benzene rings is 2. The lowest BCUT2D eigenvalue weighted by atomic mass is 9.95. The van der Waals surface area contributed by atoms with Gasteiger partial charge in [0.05, 0.1) is 18.6 Å². The lowest BCUT2D eigenvalue weighted by molar-refractivity contribution is -0.136. The van der Waals surface area contributed by atoms with Gasteiger partial charge >= 0.3 is 0 Å². The number of hydroxylamine groups is 1. The number of rotatable bonds is 10. The molecule has 186 valence electrons.